The maximum Gasteiger partial charge on any atom is 0.0728 e. The average molecular weight is 242 g/mol. The van der Waals surface area contributed by atoms with E-state index in [1.807, 2.05) is 12.2 Å². The summed E-state index contributed by atoms with van der Waals surface area (Å²) in [6.07, 6.45) is 5.76. The van der Waals surface area contributed by atoms with E-state index >= 15 is 0 Å². The van der Waals surface area contributed by atoms with Crippen LogP contribution in [0.15, 0.2) is 25.3 Å². The second kappa shape index (κ2) is 4.71. The quantitative estimate of drug-likeness (QED) is 0.755. The van der Waals surface area contributed by atoms with Crippen molar-refractivity contribution in [3.05, 3.63) is 58.7 Å². The van der Waals surface area contributed by atoms with E-state index in [0.29, 0.717) is 0 Å². The standard InChI is InChI=1S/C16H18O2/c1-3-5-11-12(6-4-2)14-8-18-10-16(14)15-9-17-7-13(11)15/h3-4H,1-2,5-10H2. The van der Waals surface area contributed by atoms with Crippen molar-refractivity contribution in [3.63, 3.8) is 0 Å². The lowest BCUT2D eigenvalue weighted by atomic mass is 9.86. The summed E-state index contributed by atoms with van der Waals surface area (Å²) in [6, 6.07) is 0. The van der Waals surface area contributed by atoms with Crippen molar-refractivity contribution >= 4 is 0 Å². The van der Waals surface area contributed by atoms with Crippen molar-refractivity contribution in [2.24, 2.45) is 0 Å². The van der Waals surface area contributed by atoms with Crippen LogP contribution in [0.4, 0.5) is 0 Å². The lowest BCUT2D eigenvalue weighted by Gasteiger charge is -2.17. The summed E-state index contributed by atoms with van der Waals surface area (Å²) >= 11 is 0. The highest BCUT2D eigenvalue weighted by atomic mass is 16.5. The fourth-order valence-corrected chi connectivity index (χ4v) is 3.08. The molecule has 18 heavy (non-hydrogen) atoms. The van der Waals surface area contributed by atoms with Crippen molar-refractivity contribution in [2.75, 3.05) is 0 Å². The lowest BCUT2D eigenvalue weighted by Crippen LogP contribution is -2.06. The SMILES string of the molecule is C=CCc1c(CC=C)c2c(c3c1COC3)COC2. The molecule has 0 bridgehead atoms. The number of benzene rings is 1. The third-order valence-corrected chi connectivity index (χ3v) is 3.87. The third kappa shape index (κ3) is 1.64. The van der Waals surface area contributed by atoms with E-state index < -0.39 is 0 Å². The molecule has 0 atom stereocenters. The maximum absolute atomic E-state index is 5.64. The highest BCUT2D eigenvalue weighted by molar-refractivity contribution is 5.54. The van der Waals surface area contributed by atoms with Gasteiger partial charge < -0.3 is 9.47 Å². The first-order chi connectivity index (χ1) is 8.86. The predicted octanol–water partition coefficient (Wildman–Crippen LogP) is 3.20. The van der Waals surface area contributed by atoms with E-state index in [1.54, 1.807) is 0 Å². The summed E-state index contributed by atoms with van der Waals surface area (Å²) in [5, 5.41) is 0. The second-order valence-electron chi connectivity index (χ2n) is 4.84. The van der Waals surface area contributed by atoms with Crippen LogP contribution in [-0.4, -0.2) is 0 Å². The largest absolute Gasteiger partial charge is 0.372 e. The number of hydrogen-bond donors (Lipinski definition) is 0. The Hall–Kier alpha value is -1.38. The predicted molar refractivity (Wildman–Crippen MR) is 71.2 cm³/mol. The van der Waals surface area contributed by atoms with Crippen LogP contribution >= 0.6 is 0 Å². The van der Waals surface area contributed by atoms with Crippen LogP contribution in [0.2, 0.25) is 0 Å². The molecule has 94 valence electrons. The Morgan fingerprint density at radius 3 is 1.50 bits per heavy atom. The lowest BCUT2D eigenvalue weighted by molar-refractivity contribution is 0.126. The molecule has 2 aliphatic heterocycles. The fourth-order valence-electron chi connectivity index (χ4n) is 3.08. The molecule has 0 aromatic heterocycles. The zero-order chi connectivity index (χ0) is 12.5. The number of fused-ring (bicyclic) bond motifs is 3. The van der Waals surface area contributed by atoms with Crippen LogP contribution in [0, 0.1) is 0 Å². The smallest absolute Gasteiger partial charge is 0.0728 e. The van der Waals surface area contributed by atoms with Crippen LogP contribution in [-0.2, 0) is 48.7 Å². The zero-order valence-electron chi connectivity index (χ0n) is 10.6. The minimum atomic E-state index is 0.732. The average Bonchev–Trinajstić information content (AvgIpc) is 3.00. The third-order valence-electron chi connectivity index (χ3n) is 3.87. The van der Waals surface area contributed by atoms with Crippen LogP contribution < -0.4 is 0 Å². The second-order valence-corrected chi connectivity index (χ2v) is 4.84. The Kier molecular flexibility index (Phi) is 3.06. The summed E-state index contributed by atoms with van der Waals surface area (Å²) in [6.45, 7) is 10.7. The highest BCUT2D eigenvalue weighted by Gasteiger charge is 2.28. The molecule has 0 unspecified atom stereocenters. The van der Waals surface area contributed by atoms with Gasteiger partial charge in [-0.1, -0.05) is 12.2 Å². The van der Waals surface area contributed by atoms with Gasteiger partial charge in [-0.2, -0.15) is 0 Å². The van der Waals surface area contributed by atoms with Gasteiger partial charge in [-0.15, -0.1) is 13.2 Å². The molecule has 2 heteroatoms. The summed E-state index contributed by atoms with van der Waals surface area (Å²) in [7, 11) is 0. The van der Waals surface area contributed by atoms with Gasteiger partial charge in [-0.3, -0.25) is 0 Å². The highest BCUT2D eigenvalue weighted by Crippen LogP contribution is 2.37. The van der Waals surface area contributed by atoms with E-state index in [4.69, 9.17) is 9.47 Å². The van der Waals surface area contributed by atoms with Gasteiger partial charge in [0.25, 0.3) is 0 Å². The van der Waals surface area contributed by atoms with E-state index in [0.717, 1.165) is 39.3 Å². The first kappa shape index (κ1) is 11.7. The van der Waals surface area contributed by atoms with Crippen LogP contribution in [0.3, 0.4) is 0 Å². The monoisotopic (exact) mass is 242 g/mol. The van der Waals surface area contributed by atoms with Crippen molar-refractivity contribution in [1.82, 2.24) is 0 Å². The summed E-state index contributed by atoms with van der Waals surface area (Å²) in [5.41, 5.74) is 8.26. The van der Waals surface area contributed by atoms with Gasteiger partial charge in [-0.05, 0) is 46.2 Å². The Labute approximate surface area is 108 Å². The molecule has 2 nitrogen and oxygen atoms in total. The first-order valence-electron chi connectivity index (χ1n) is 6.41. The molecule has 0 spiro atoms. The van der Waals surface area contributed by atoms with Gasteiger partial charge >= 0.3 is 0 Å². The summed E-state index contributed by atoms with van der Waals surface area (Å²) in [5.74, 6) is 0. The molecule has 0 radical (unpaired) electrons. The van der Waals surface area contributed by atoms with Crippen molar-refractivity contribution < 1.29 is 9.47 Å². The van der Waals surface area contributed by atoms with E-state index in [-0.39, 0.29) is 0 Å². The first-order valence-corrected chi connectivity index (χ1v) is 6.41. The normalized spacial score (nSPS) is 16.4. The number of rotatable bonds is 4. The number of hydrogen-bond acceptors (Lipinski definition) is 2. The molecule has 0 saturated carbocycles. The zero-order valence-corrected chi connectivity index (χ0v) is 10.6. The van der Waals surface area contributed by atoms with E-state index in [1.165, 1.54) is 33.4 Å². The van der Waals surface area contributed by atoms with Crippen molar-refractivity contribution in [2.45, 2.75) is 39.3 Å². The van der Waals surface area contributed by atoms with Crippen LogP contribution in [0.5, 0.6) is 0 Å². The fraction of sp³-hybridized carbons (Fsp3) is 0.375. The molecule has 0 amide bonds. The molecule has 0 aliphatic carbocycles. The molecule has 1 aromatic carbocycles. The molecular weight excluding hydrogens is 224 g/mol. The maximum atomic E-state index is 5.64. The van der Waals surface area contributed by atoms with E-state index in [9.17, 15) is 0 Å². The summed E-state index contributed by atoms with van der Waals surface area (Å²) < 4.78 is 11.3. The molecule has 3 rings (SSSR count). The molecular formula is C16H18O2. The van der Waals surface area contributed by atoms with Gasteiger partial charge in [0.05, 0.1) is 26.4 Å². The Morgan fingerprint density at radius 2 is 1.11 bits per heavy atom. The molecule has 2 heterocycles. The molecule has 0 fully saturated rings. The summed E-state index contributed by atoms with van der Waals surface area (Å²) in [4.78, 5) is 0. The number of allylic oxidation sites excluding steroid dienone is 2. The van der Waals surface area contributed by atoms with Gasteiger partial charge in [0.1, 0.15) is 0 Å². The van der Waals surface area contributed by atoms with Crippen LogP contribution in [0.1, 0.15) is 33.4 Å². The van der Waals surface area contributed by atoms with Gasteiger partial charge in [-0.25, -0.2) is 0 Å². The van der Waals surface area contributed by atoms with Gasteiger partial charge in [0.2, 0.25) is 0 Å². The number of ether oxygens (including phenoxy) is 2. The van der Waals surface area contributed by atoms with Gasteiger partial charge in [0.15, 0.2) is 0 Å². The molecule has 2 aliphatic rings. The van der Waals surface area contributed by atoms with Crippen LogP contribution in [0.25, 0.3) is 0 Å². The van der Waals surface area contributed by atoms with Crippen molar-refractivity contribution in [1.29, 1.82) is 0 Å². The molecule has 0 saturated heterocycles. The Morgan fingerprint density at radius 1 is 0.722 bits per heavy atom. The Balaban J connectivity index is 2.25. The molecule has 1 aromatic rings. The Bertz CT molecular complexity index is 468. The minimum absolute atomic E-state index is 0.732. The topological polar surface area (TPSA) is 18.5 Å². The van der Waals surface area contributed by atoms with E-state index in [2.05, 4.69) is 13.2 Å². The minimum Gasteiger partial charge on any atom is -0.372 e. The molecule has 0 N–H and O–H groups in total. The van der Waals surface area contributed by atoms with Crippen molar-refractivity contribution in [3.8, 4) is 0 Å². The van der Waals surface area contributed by atoms with Gasteiger partial charge in [0, 0.05) is 0 Å².